The van der Waals surface area contributed by atoms with E-state index in [-0.39, 0.29) is 5.92 Å². The van der Waals surface area contributed by atoms with Crippen LogP contribution < -0.4 is 5.73 Å². The second kappa shape index (κ2) is 6.96. The van der Waals surface area contributed by atoms with Crippen LogP contribution in [0.3, 0.4) is 0 Å². The molecule has 0 aliphatic heterocycles. The van der Waals surface area contributed by atoms with E-state index in [0.29, 0.717) is 29.9 Å². The van der Waals surface area contributed by atoms with Crippen molar-refractivity contribution in [3.63, 3.8) is 0 Å². The number of anilines is 1. The van der Waals surface area contributed by atoms with Crippen LogP contribution in [0.25, 0.3) is 28.0 Å². The molecule has 0 spiro atoms. The molecule has 4 heterocycles. The summed E-state index contributed by atoms with van der Waals surface area (Å²) in [4.78, 5) is 4.86. The maximum atomic E-state index is 9.40. The summed E-state index contributed by atoms with van der Waals surface area (Å²) < 4.78 is 5.29. The fraction of sp³-hybridized carbons (Fsp3) is 0.333. The van der Waals surface area contributed by atoms with Gasteiger partial charge in [0.2, 0.25) is 0 Å². The average molecular weight is 412 g/mol. The van der Waals surface area contributed by atoms with Crippen LogP contribution in [0.1, 0.15) is 25.7 Å². The minimum Gasteiger partial charge on any atom is -0.382 e. The highest BCUT2D eigenvalue weighted by atomic mass is 15.3. The van der Waals surface area contributed by atoms with Gasteiger partial charge < -0.3 is 5.73 Å². The molecule has 4 aromatic heterocycles. The molecule has 0 aromatic carbocycles. The maximum Gasteiger partial charge on any atom is 0.155 e. The predicted octanol–water partition coefficient (Wildman–Crippen LogP) is 2.51. The number of nitrogens with two attached hydrogens (primary N) is 1. The van der Waals surface area contributed by atoms with E-state index in [4.69, 9.17) is 16.0 Å². The van der Waals surface area contributed by atoms with Gasteiger partial charge in [0, 0.05) is 31.4 Å². The summed E-state index contributed by atoms with van der Waals surface area (Å²) in [6, 6.07) is 6.37. The Balaban J connectivity index is 1.60. The van der Waals surface area contributed by atoms with Crippen LogP contribution in [-0.2, 0) is 12.6 Å². The van der Waals surface area contributed by atoms with Crippen molar-refractivity contribution in [3.8, 4) is 34.7 Å². The Morgan fingerprint density at radius 1 is 1.19 bits per heavy atom. The van der Waals surface area contributed by atoms with E-state index in [1.807, 2.05) is 31.7 Å². The highest BCUT2D eigenvalue weighted by molar-refractivity contribution is 5.83. The number of nitrogens with zero attached hydrogens (tertiary/aromatic N) is 9. The minimum absolute atomic E-state index is 0.279. The molecule has 4 aromatic rings. The Bertz CT molecular complexity index is 1350. The van der Waals surface area contributed by atoms with Crippen molar-refractivity contribution in [1.29, 1.82) is 10.5 Å². The third-order valence-electron chi connectivity index (χ3n) is 6.00. The lowest BCUT2D eigenvalue weighted by Crippen LogP contribution is -2.46. The Labute approximate surface area is 178 Å². The molecule has 5 rings (SSSR count). The molecule has 1 fully saturated rings. The van der Waals surface area contributed by atoms with Crippen LogP contribution in [0.15, 0.2) is 37.1 Å². The molecule has 0 atom stereocenters. The Morgan fingerprint density at radius 2 is 2.03 bits per heavy atom. The normalized spacial score (nSPS) is 20.3. The van der Waals surface area contributed by atoms with Crippen molar-refractivity contribution in [2.45, 2.75) is 31.2 Å². The molecule has 31 heavy (non-hydrogen) atoms. The van der Waals surface area contributed by atoms with Gasteiger partial charge in [-0.1, -0.05) is 0 Å². The van der Waals surface area contributed by atoms with Gasteiger partial charge in [-0.15, -0.1) is 0 Å². The summed E-state index contributed by atoms with van der Waals surface area (Å²) >= 11 is 0. The number of aromatic nitrogens is 7. The molecular weight excluding hydrogens is 392 g/mol. The molecule has 1 aliphatic rings. The highest BCUT2D eigenvalue weighted by Gasteiger charge is 2.46. The van der Waals surface area contributed by atoms with Crippen molar-refractivity contribution in [1.82, 2.24) is 34.2 Å². The minimum atomic E-state index is -0.430. The van der Waals surface area contributed by atoms with E-state index in [9.17, 15) is 5.26 Å². The molecule has 0 amide bonds. The molecule has 0 saturated heterocycles. The van der Waals surface area contributed by atoms with Crippen LogP contribution in [0.4, 0.5) is 5.82 Å². The molecule has 0 radical (unpaired) electrons. The van der Waals surface area contributed by atoms with Crippen molar-refractivity contribution >= 4 is 11.3 Å². The van der Waals surface area contributed by atoms with Crippen molar-refractivity contribution < 1.29 is 0 Å². The highest BCUT2D eigenvalue weighted by Crippen LogP contribution is 2.48. The van der Waals surface area contributed by atoms with Gasteiger partial charge in [-0.25, -0.2) is 9.50 Å². The quantitative estimate of drug-likeness (QED) is 0.531. The topological polar surface area (TPSA) is 139 Å². The maximum absolute atomic E-state index is 9.40. The van der Waals surface area contributed by atoms with Gasteiger partial charge in [-0.05, 0) is 24.8 Å². The fourth-order valence-electron chi connectivity index (χ4n) is 4.48. The predicted molar refractivity (Wildman–Crippen MR) is 112 cm³/mol. The summed E-state index contributed by atoms with van der Waals surface area (Å²) in [5.41, 5.74) is 9.66. The van der Waals surface area contributed by atoms with Crippen molar-refractivity contribution in [2.75, 3.05) is 5.73 Å². The van der Waals surface area contributed by atoms with Crippen LogP contribution in [-0.4, -0.2) is 34.2 Å². The zero-order valence-electron chi connectivity index (χ0n) is 17.0. The van der Waals surface area contributed by atoms with Crippen molar-refractivity contribution in [2.24, 2.45) is 13.0 Å². The zero-order valence-corrected chi connectivity index (χ0v) is 17.0. The molecule has 10 nitrogen and oxygen atoms in total. The van der Waals surface area contributed by atoms with E-state index in [0.717, 1.165) is 29.6 Å². The van der Waals surface area contributed by atoms with E-state index in [1.165, 1.54) is 0 Å². The van der Waals surface area contributed by atoms with Gasteiger partial charge in [-0.2, -0.15) is 25.8 Å². The molecule has 1 aliphatic carbocycles. The Hall–Kier alpha value is -4.18. The number of hydrogen-bond donors (Lipinski definition) is 1. The monoisotopic (exact) mass is 412 g/mol. The summed E-state index contributed by atoms with van der Waals surface area (Å²) in [6.07, 6.45) is 11.4. The first kappa shape index (κ1) is 18.8. The summed E-state index contributed by atoms with van der Waals surface area (Å²) in [7, 11) is 1.85. The molecule has 0 unspecified atom stereocenters. The first-order valence-corrected chi connectivity index (χ1v) is 9.96. The van der Waals surface area contributed by atoms with Crippen molar-refractivity contribution in [3.05, 3.63) is 37.1 Å². The lowest BCUT2D eigenvalue weighted by atomic mass is 9.66. The van der Waals surface area contributed by atoms with Crippen LogP contribution >= 0.6 is 0 Å². The van der Waals surface area contributed by atoms with Crippen LogP contribution in [0.2, 0.25) is 0 Å². The Morgan fingerprint density at radius 3 is 2.74 bits per heavy atom. The first-order valence-electron chi connectivity index (χ1n) is 9.96. The van der Waals surface area contributed by atoms with E-state index < -0.39 is 5.54 Å². The fourth-order valence-corrected chi connectivity index (χ4v) is 4.48. The third-order valence-corrected chi connectivity index (χ3v) is 6.00. The number of rotatable bonds is 5. The van der Waals surface area contributed by atoms with Gasteiger partial charge in [0.15, 0.2) is 5.82 Å². The summed E-state index contributed by atoms with van der Waals surface area (Å²) in [6.45, 7) is 0. The standard InChI is InChI=1S/C21H20N10/c1-29-11-15(10-26-29)17-13-30-18(3-7-25-30)19(27-17)16-12-31(28-20(16)24)21(4-6-23)8-14(9-21)2-5-22/h3,7,10-14H,2,4,8-9H2,1H3,(H2,24,28)/t14-,21-. The first-order chi connectivity index (χ1) is 15.0. The second-order valence-corrected chi connectivity index (χ2v) is 8.11. The SMILES string of the molecule is Cn1cc(-c2cn3nccc3c(-c3cn([C@]4(CC#N)C[C@@H](CC#N)C4)nc3N)n2)cn1. The van der Waals surface area contributed by atoms with Gasteiger partial charge >= 0.3 is 0 Å². The lowest BCUT2D eigenvalue weighted by Gasteiger charge is -2.45. The summed E-state index contributed by atoms with van der Waals surface area (Å²) in [5, 5.41) is 31.6. The molecule has 2 N–H and O–H groups in total. The lowest BCUT2D eigenvalue weighted by molar-refractivity contribution is 0.0602. The Kier molecular flexibility index (Phi) is 4.22. The molecule has 1 saturated carbocycles. The van der Waals surface area contributed by atoms with Gasteiger partial charge in [-0.3, -0.25) is 9.36 Å². The van der Waals surface area contributed by atoms with Gasteiger partial charge in [0.25, 0.3) is 0 Å². The van der Waals surface area contributed by atoms with E-state index >= 15 is 0 Å². The van der Waals surface area contributed by atoms with Crippen LogP contribution in [0, 0.1) is 28.6 Å². The number of aryl methyl sites for hydroxylation is 1. The van der Waals surface area contributed by atoms with Crippen LogP contribution in [0.5, 0.6) is 0 Å². The van der Waals surface area contributed by atoms with E-state index in [2.05, 4.69) is 27.4 Å². The van der Waals surface area contributed by atoms with E-state index in [1.54, 1.807) is 26.3 Å². The zero-order chi connectivity index (χ0) is 21.6. The van der Waals surface area contributed by atoms with Gasteiger partial charge in [0.05, 0.1) is 59.5 Å². The molecule has 0 bridgehead atoms. The largest absolute Gasteiger partial charge is 0.382 e. The third kappa shape index (κ3) is 3.01. The second-order valence-electron chi connectivity index (χ2n) is 8.11. The molecule has 10 heteroatoms. The number of fused-ring (bicyclic) bond motifs is 1. The molecule has 154 valence electrons. The summed E-state index contributed by atoms with van der Waals surface area (Å²) in [5.74, 6) is 0.626. The van der Waals surface area contributed by atoms with Gasteiger partial charge in [0.1, 0.15) is 5.69 Å². The number of nitriles is 2. The number of hydrogen-bond acceptors (Lipinski definition) is 7. The number of nitrogen functional groups attached to an aromatic ring is 1. The molecular formula is C21H20N10. The smallest absolute Gasteiger partial charge is 0.155 e. The average Bonchev–Trinajstić information content (AvgIpc) is 3.45.